The summed E-state index contributed by atoms with van der Waals surface area (Å²) in [5, 5.41) is 7.27. The Hall–Kier alpha value is -2.40. The van der Waals surface area contributed by atoms with E-state index >= 15 is 0 Å². The van der Waals surface area contributed by atoms with E-state index in [1.807, 2.05) is 18.2 Å². The van der Waals surface area contributed by atoms with Crippen LogP contribution in [0.4, 0.5) is 5.69 Å². The van der Waals surface area contributed by atoms with Crippen LogP contribution in [0.1, 0.15) is 10.4 Å². The SMILES string of the molecule is O=C(Nc1cnccc1Cl)c1cnn2ccccc12. The third-order valence-electron chi connectivity index (χ3n) is 2.69. The Morgan fingerprint density at radius 2 is 2.16 bits per heavy atom. The molecular weight excluding hydrogens is 264 g/mol. The largest absolute Gasteiger partial charge is 0.319 e. The molecule has 0 radical (unpaired) electrons. The molecule has 94 valence electrons. The van der Waals surface area contributed by atoms with Crippen LogP contribution in [0, 0.1) is 0 Å². The fourth-order valence-corrected chi connectivity index (χ4v) is 1.92. The van der Waals surface area contributed by atoms with Crippen LogP contribution >= 0.6 is 11.6 Å². The minimum atomic E-state index is -0.267. The zero-order chi connectivity index (χ0) is 13.2. The first-order valence-corrected chi connectivity index (χ1v) is 5.97. The van der Waals surface area contributed by atoms with Gasteiger partial charge in [0.25, 0.3) is 5.91 Å². The summed E-state index contributed by atoms with van der Waals surface area (Å²) in [6, 6.07) is 7.14. The topological polar surface area (TPSA) is 59.3 Å². The van der Waals surface area contributed by atoms with E-state index in [4.69, 9.17) is 11.6 Å². The Morgan fingerprint density at radius 1 is 1.26 bits per heavy atom. The summed E-state index contributed by atoms with van der Waals surface area (Å²) in [6.07, 6.45) is 6.37. The van der Waals surface area contributed by atoms with Crippen molar-refractivity contribution in [3.63, 3.8) is 0 Å². The van der Waals surface area contributed by atoms with Crippen molar-refractivity contribution in [1.82, 2.24) is 14.6 Å². The van der Waals surface area contributed by atoms with E-state index < -0.39 is 0 Å². The Morgan fingerprint density at radius 3 is 3.00 bits per heavy atom. The Balaban J connectivity index is 1.95. The van der Waals surface area contributed by atoms with Gasteiger partial charge in [-0.15, -0.1) is 0 Å². The minimum absolute atomic E-state index is 0.267. The quantitative estimate of drug-likeness (QED) is 0.780. The standard InChI is InChI=1S/C13H9ClN4O/c14-10-4-5-15-8-11(10)17-13(19)9-7-16-18-6-2-1-3-12(9)18/h1-8H,(H,17,19). The molecule has 0 unspecified atom stereocenters. The van der Waals surface area contributed by atoms with Crippen molar-refractivity contribution in [1.29, 1.82) is 0 Å². The highest BCUT2D eigenvalue weighted by atomic mass is 35.5. The molecule has 5 nitrogen and oxygen atoms in total. The monoisotopic (exact) mass is 272 g/mol. The number of nitrogens with one attached hydrogen (secondary N) is 1. The number of hydrogen-bond donors (Lipinski definition) is 1. The van der Waals surface area contributed by atoms with Gasteiger partial charge in [-0.3, -0.25) is 9.78 Å². The molecule has 0 saturated carbocycles. The van der Waals surface area contributed by atoms with Gasteiger partial charge in [-0.05, 0) is 18.2 Å². The maximum absolute atomic E-state index is 12.2. The second kappa shape index (κ2) is 4.70. The van der Waals surface area contributed by atoms with Gasteiger partial charge in [-0.2, -0.15) is 5.10 Å². The molecule has 3 aromatic heterocycles. The molecule has 0 aliphatic carbocycles. The summed E-state index contributed by atoms with van der Waals surface area (Å²) in [5.74, 6) is -0.267. The lowest BCUT2D eigenvalue weighted by Crippen LogP contribution is -2.12. The van der Waals surface area contributed by atoms with Crippen LogP contribution in [-0.2, 0) is 0 Å². The average molecular weight is 273 g/mol. The van der Waals surface area contributed by atoms with Crippen molar-refractivity contribution in [2.24, 2.45) is 0 Å². The van der Waals surface area contributed by atoms with Gasteiger partial charge in [0.1, 0.15) is 0 Å². The summed E-state index contributed by atoms with van der Waals surface area (Å²) in [6.45, 7) is 0. The zero-order valence-corrected chi connectivity index (χ0v) is 10.5. The zero-order valence-electron chi connectivity index (χ0n) is 9.75. The molecule has 0 atom stereocenters. The van der Waals surface area contributed by atoms with Crippen LogP contribution in [0.5, 0.6) is 0 Å². The third-order valence-corrected chi connectivity index (χ3v) is 3.02. The van der Waals surface area contributed by atoms with Gasteiger partial charge in [0.15, 0.2) is 0 Å². The maximum Gasteiger partial charge on any atom is 0.259 e. The number of nitrogens with zero attached hydrogens (tertiary/aromatic N) is 3. The maximum atomic E-state index is 12.2. The molecule has 19 heavy (non-hydrogen) atoms. The van der Waals surface area contributed by atoms with Crippen molar-refractivity contribution in [2.45, 2.75) is 0 Å². The number of rotatable bonds is 2. The van der Waals surface area contributed by atoms with Crippen molar-refractivity contribution in [3.8, 4) is 0 Å². The van der Waals surface area contributed by atoms with Crippen LogP contribution in [0.15, 0.2) is 49.1 Å². The molecule has 0 aliphatic rings. The van der Waals surface area contributed by atoms with Crippen molar-refractivity contribution in [2.75, 3.05) is 5.32 Å². The van der Waals surface area contributed by atoms with E-state index in [-0.39, 0.29) is 5.91 Å². The molecular formula is C13H9ClN4O. The lowest BCUT2D eigenvalue weighted by molar-refractivity contribution is 0.102. The molecule has 1 amide bonds. The summed E-state index contributed by atoms with van der Waals surface area (Å²) in [5.41, 5.74) is 1.70. The first-order valence-electron chi connectivity index (χ1n) is 5.59. The molecule has 3 rings (SSSR count). The average Bonchev–Trinajstić information content (AvgIpc) is 2.85. The second-order valence-corrected chi connectivity index (χ2v) is 4.31. The number of halogens is 1. The highest BCUT2D eigenvalue weighted by Gasteiger charge is 2.13. The first kappa shape index (κ1) is 11.7. The number of amides is 1. The van der Waals surface area contributed by atoms with Gasteiger partial charge in [0, 0.05) is 12.4 Å². The minimum Gasteiger partial charge on any atom is -0.319 e. The van der Waals surface area contributed by atoms with Crippen LogP contribution in [-0.4, -0.2) is 20.5 Å². The first-order chi connectivity index (χ1) is 9.25. The summed E-state index contributed by atoms with van der Waals surface area (Å²) in [4.78, 5) is 16.1. The lowest BCUT2D eigenvalue weighted by atomic mass is 10.2. The lowest BCUT2D eigenvalue weighted by Gasteiger charge is -2.05. The van der Waals surface area contributed by atoms with Gasteiger partial charge in [-0.25, -0.2) is 4.52 Å². The number of carbonyl (C=O) groups is 1. The van der Waals surface area contributed by atoms with Gasteiger partial charge < -0.3 is 5.32 Å². The van der Waals surface area contributed by atoms with Crippen LogP contribution in [0.25, 0.3) is 5.52 Å². The molecule has 0 fully saturated rings. The summed E-state index contributed by atoms with van der Waals surface area (Å²) in [7, 11) is 0. The van der Waals surface area contributed by atoms with Crippen LogP contribution < -0.4 is 5.32 Å². The fraction of sp³-hybridized carbons (Fsp3) is 0. The number of anilines is 1. The number of carbonyl (C=O) groups excluding carboxylic acids is 1. The van der Waals surface area contributed by atoms with Crippen molar-refractivity contribution < 1.29 is 4.79 Å². The summed E-state index contributed by atoms with van der Waals surface area (Å²) >= 11 is 5.97. The summed E-state index contributed by atoms with van der Waals surface area (Å²) < 4.78 is 1.64. The van der Waals surface area contributed by atoms with E-state index in [0.29, 0.717) is 16.3 Å². The smallest absolute Gasteiger partial charge is 0.259 e. The molecule has 1 N–H and O–H groups in total. The highest BCUT2D eigenvalue weighted by molar-refractivity contribution is 6.33. The molecule has 3 aromatic rings. The van der Waals surface area contributed by atoms with E-state index in [9.17, 15) is 4.79 Å². The fourth-order valence-electron chi connectivity index (χ4n) is 1.77. The van der Waals surface area contributed by atoms with Gasteiger partial charge in [-0.1, -0.05) is 17.7 Å². The normalized spacial score (nSPS) is 10.6. The van der Waals surface area contributed by atoms with E-state index in [0.717, 1.165) is 5.52 Å². The van der Waals surface area contributed by atoms with Crippen molar-refractivity contribution >= 4 is 28.7 Å². The van der Waals surface area contributed by atoms with Crippen LogP contribution in [0.2, 0.25) is 5.02 Å². The Bertz CT molecular complexity index is 753. The number of pyridine rings is 2. The van der Waals surface area contributed by atoms with Gasteiger partial charge in [0.2, 0.25) is 0 Å². The predicted octanol–water partition coefficient (Wildman–Crippen LogP) is 2.64. The van der Waals surface area contributed by atoms with E-state index in [2.05, 4.69) is 15.4 Å². The van der Waals surface area contributed by atoms with Crippen LogP contribution in [0.3, 0.4) is 0 Å². The Kier molecular flexibility index (Phi) is 2.89. The van der Waals surface area contributed by atoms with Gasteiger partial charge in [0.05, 0.1) is 34.2 Å². The number of hydrogen-bond acceptors (Lipinski definition) is 3. The third kappa shape index (κ3) is 2.15. The highest BCUT2D eigenvalue weighted by Crippen LogP contribution is 2.20. The molecule has 6 heteroatoms. The number of aromatic nitrogens is 3. The second-order valence-electron chi connectivity index (χ2n) is 3.90. The van der Waals surface area contributed by atoms with E-state index in [1.54, 1.807) is 23.0 Å². The molecule has 0 aromatic carbocycles. The van der Waals surface area contributed by atoms with E-state index in [1.165, 1.54) is 12.4 Å². The van der Waals surface area contributed by atoms with Crippen molar-refractivity contribution in [3.05, 3.63) is 59.6 Å². The predicted molar refractivity (Wildman–Crippen MR) is 72.4 cm³/mol. The number of fused-ring (bicyclic) bond motifs is 1. The Labute approximate surface area is 113 Å². The molecule has 0 bridgehead atoms. The molecule has 0 saturated heterocycles. The molecule has 0 spiro atoms. The molecule has 3 heterocycles. The van der Waals surface area contributed by atoms with Gasteiger partial charge >= 0.3 is 0 Å². The molecule has 0 aliphatic heterocycles.